The summed E-state index contributed by atoms with van der Waals surface area (Å²) in [6.45, 7) is 3.08. The van der Waals surface area contributed by atoms with Gasteiger partial charge in [0.25, 0.3) is 0 Å². The lowest BCUT2D eigenvalue weighted by molar-refractivity contribution is -0.147. The van der Waals surface area contributed by atoms with Crippen molar-refractivity contribution in [3.05, 3.63) is 34.6 Å². The Labute approximate surface area is 80.8 Å². The topological polar surface area (TPSA) is 57.5 Å². The molecule has 0 aliphatic heterocycles. The van der Waals surface area contributed by atoms with E-state index >= 15 is 0 Å². The zero-order valence-electron chi connectivity index (χ0n) is 7.91. The standard InChI is InChI=1S/C10H11FO3/c1-5-3-4-6(2)8(11)7(5)9(12)10(13)14/h3-4,9,12H,1-2H3,(H,13,14). The Morgan fingerprint density at radius 2 is 1.86 bits per heavy atom. The van der Waals surface area contributed by atoms with Crippen LogP contribution in [0.1, 0.15) is 22.8 Å². The molecule has 0 radical (unpaired) electrons. The summed E-state index contributed by atoms with van der Waals surface area (Å²) >= 11 is 0. The van der Waals surface area contributed by atoms with Crippen LogP contribution in [-0.2, 0) is 4.79 Å². The highest BCUT2D eigenvalue weighted by Gasteiger charge is 2.22. The average molecular weight is 198 g/mol. The highest BCUT2D eigenvalue weighted by atomic mass is 19.1. The van der Waals surface area contributed by atoms with E-state index in [0.29, 0.717) is 11.1 Å². The molecule has 0 aliphatic carbocycles. The minimum absolute atomic E-state index is 0.155. The number of rotatable bonds is 2. The van der Waals surface area contributed by atoms with E-state index in [1.807, 2.05) is 0 Å². The maximum absolute atomic E-state index is 13.4. The SMILES string of the molecule is Cc1ccc(C)c(C(O)C(=O)O)c1F. The normalized spacial score (nSPS) is 12.6. The second-order valence-electron chi connectivity index (χ2n) is 3.17. The summed E-state index contributed by atoms with van der Waals surface area (Å²) in [5.41, 5.74) is 0.603. The molecule has 2 N–H and O–H groups in total. The van der Waals surface area contributed by atoms with E-state index in [9.17, 15) is 14.3 Å². The van der Waals surface area contributed by atoms with Crippen molar-refractivity contribution in [3.63, 3.8) is 0 Å². The summed E-state index contributed by atoms with van der Waals surface area (Å²) < 4.78 is 13.4. The summed E-state index contributed by atoms with van der Waals surface area (Å²) in [7, 11) is 0. The number of aliphatic hydroxyl groups is 1. The number of aliphatic carboxylic acids is 1. The van der Waals surface area contributed by atoms with Gasteiger partial charge in [-0.15, -0.1) is 0 Å². The quantitative estimate of drug-likeness (QED) is 0.758. The molecule has 1 rings (SSSR count). The molecule has 0 spiro atoms. The Bertz CT molecular complexity index is 374. The Kier molecular flexibility index (Phi) is 2.86. The van der Waals surface area contributed by atoms with Crippen LogP contribution in [0.15, 0.2) is 12.1 Å². The number of aryl methyl sites for hydroxylation is 2. The molecule has 0 amide bonds. The average Bonchev–Trinajstić information content (AvgIpc) is 2.12. The Morgan fingerprint density at radius 3 is 2.36 bits per heavy atom. The molecule has 1 unspecified atom stereocenters. The van der Waals surface area contributed by atoms with Crippen molar-refractivity contribution in [1.82, 2.24) is 0 Å². The lowest BCUT2D eigenvalue weighted by Crippen LogP contribution is -2.14. The van der Waals surface area contributed by atoms with Crippen molar-refractivity contribution in [1.29, 1.82) is 0 Å². The van der Waals surface area contributed by atoms with Crippen molar-refractivity contribution in [2.45, 2.75) is 20.0 Å². The monoisotopic (exact) mass is 198 g/mol. The molecule has 0 saturated carbocycles. The van der Waals surface area contributed by atoms with E-state index in [1.165, 1.54) is 6.92 Å². The molecular weight excluding hydrogens is 187 g/mol. The van der Waals surface area contributed by atoms with E-state index in [1.54, 1.807) is 19.1 Å². The summed E-state index contributed by atoms with van der Waals surface area (Å²) in [4.78, 5) is 10.5. The molecule has 0 aliphatic rings. The van der Waals surface area contributed by atoms with Gasteiger partial charge in [0.2, 0.25) is 0 Å². The second kappa shape index (κ2) is 3.75. The predicted molar refractivity (Wildman–Crippen MR) is 48.5 cm³/mol. The van der Waals surface area contributed by atoms with Crippen LogP contribution in [0.2, 0.25) is 0 Å². The van der Waals surface area contributed by atoms with Crippen LogP contribution in [0.5, 0.6) is 0 Å². The fraction of sp³-hybridized carbons (Fsp3) is 0.300. The molecule has 14 heavy (non-hydrogen) atoms. The number of halogens is 1. The first-order chi connectivity index (χ1) is 6.45. The van der Waals surface area contributed by atoms with Crippen molar-refractivity contribution in [2.24, 2.45) is 0 Å². The van der Waals surface area contributed by atoms with Crippen LogP contribution in [0.25, 0.3) is 0 Å². The second-order valence-corrected chi connectivity index (χ2v) is 3.17. The zero-order chi connectivity index (χ0) is 10.9. The van der Waals surface area contributed by atoms with Gasteiger partial charge in [-0.1, -0.05) is 12.1 Å². The van der Waals surface area contributed by atoms with Crippen LogP contribution in [-0.4, -0.2) is 16.2 Å². The first-order valence-corrected chi connectivity index (χ1v) is 4.11. The van der Waals surface area contributed by atoms with Gasteiger partial charge >= 0.3 is 5.97 Å². The molecule has 0 heterocycles. The third kappa shape index (κ3) is 1.75. The maximum atomic E-state index is 13.4. The number of hydrogen-bond acceptors (Lipinski definition) is 2. The fourth-order valence-electron chi connectivity index (χ4n) is 1.26. The van der Waals surface area contributed by atoms with Crippen molar-refractivity contribution >= 4 is 5.97 Å². The van der Waals surface area contributed by atoms with Gasteiger partial charge < -0.3 is 10.2 Å². The molecule has 3 nitrogen and oxygen atoms in total. The first-order valence-electron chi connectivity index (χ1n) is 4.11. The van der Waals surface area contributed by atoms with E-state index in [4.69, 9.17) is 5.11 Å². The van der Waals surface area contributed by atoms with E-state index < -0.39 is 17.9 Å². The van der Waals surface area contributed by atoms with Gasteiger partial charge in [-0.05, 0) is 25.0 Å². The van der Waals surface area contributed by atoms with Crippen LogP contribution >= 0.6 is 0 Å². The number of benzene rings is 1. The molecule has 0 saturated heterocycles. The molecular formula is C10H11FO3. The Morgan fingerprint density at radius 1 is 1.36 bits per heavy atom. The summed E-state index contributed by atoms with van der Waals surface area (Å²) in [5, 5.41) is 17.8. The smallest absolute Gasteiger partial charge is 0.337 e. The van der Waals surface area contributed by atoms with Crippen LogP contribution < -0.4 is 0 Å². The number of carboxylic acids is 1. The zero-order valence-corrected chi connectivity index (χ0v) is 7.91. The van der Waals surface area contributed by atoms with Gasteiger partial charge in [0.15, 0.2) is 6.10 Å². The molecule has 0 bridgehead atoms. The molecule has 1 aromatic rings. The molecule has 0 aromatic heterocycles. The first kappa shape index (κ1) is 10.7. The lowest BCUT2D eigenvalue weighted by Gasteiger charge is -2.12. The summed E-state index contributed by atoms with van der Waals surface area (Å²) in [6, 6.07) is 3.13. The van der Waals surface area contributed by atoms with Crippen molar-refractivity contribution in [2.75, 3.05) is 0 Å². The van der Waals surface area contributed by atoms with Gasteiger partial charge in [-0.3, -0.25) is 0 Å². The van der Waals surface area contributed by atoms with Gasteiger partial charge in [-0.25, -0.2) is 9.18 Å². The third-order valence-electron chi connectivity index (χ3n) is 2.10. The van der Waals surface area contributed by atoms with Crippen molar-refractivity contribution in [3.8, 4) is 0 Å². The van der Waals surface area contributed by atoms with E-state index in [-0.39, 0.29) is 5.56 Å². The molecule has 0 fully saturated rings. The van der Waals surface area contributed by atoms with Gasteiger partial charge in [0.05, 0.1) is 0 Å². The Hall–Kier alpha value is -1.42. The number of aliphatic hydroxyl groups excluding tert-OH is 1. The maximum Gasteiger partial charge on any atom is 0.337 e. The van der Waals surface area contributed by atoms with Crippen LogP contribution in [0, 0.1) is 19.7 Å². The molecule has 1 aromatic carbocycles. The largest absolute Gasteiger partial charge is 0.479 e. The Balaban J connectivity index is 3.32. The molecule has 76 valence electrons. The van der Waals surface area contributed by atoms with Crippen LogP contribution in [0.4, 0.5) is 4.39 Å². The molecule has 4 heteroatoms. The van der Waals surface area contributed by atoms with Gasteiger partial charge in [-0.2, -0.15) is 0 Å². The minimum Gasteiger partial charge on any atom is -0.479 e. The third-order valence-corrected chi connectivity index (χ3v) is 2.10. The fourth-order valence-corrected chi connectivity index (χ4v) is 1.26. The van der Waals surface area contributed by atoms with E-state index in [0.717, 1.165) is 0 Å². The number of carbonyl (C=O) groups is 1. The van der Waals surface area contributed by atoms with Gasteiger partial charge in [0, 0.05) is 5.56 Å². The highest BCUT2D eigenvalue weighted by molar-refractivity contribution is 5.74. The van der Waals surface area contributed by atoms with Crippen LogP contribution in [0.3, 0.4) is 0 Å². The minimum atomic E-state index is -1.80. The van der Waals surface area contributed by atoms with E-state index in [2.05, 4.69) is 0 Å². The molecule has 1 atom stereocenters. The van der Waals surface area contributed by atoms with Crippen molar-refractivity contribution < 1.29 is 19.4 Å². The van der Waals surface area contributed by atoms with Gasteiger partial charge in [0.1, 0.15) is 5.82 Å². The predicted octanol–water partition coefficient (Wildman–Crippen LogP) is 1.56. The number of carboxylic acid groups (broad SMARTS) is 1. The highest BCUT2D eigenvalue weighted by Crippen LogP contribution is 2.23. The summed E-state index contributed by atoms with van der Waals surface area (Å²) in [6.07, 6.45) is -1.80. The lowest BCUT2D eigenvalue weighted by atomic mass is 10.00. The summed E-state index contributed by atoms with van der Waals surface area (Å²) in [5.74, 6) is -2.10. The number of hydrogen-bond donors (Lipinski definition) is 2.